The molecule has 0 bridgehead atoms. The molecule has 6 nitrogen and oxygen atoms in total. The Morgan fingerprint density at radius 3 is 2.55 bits per heavy atom. The molecule has 0 amide bonds. The lowest BCUT2D eigenvalue weighted by molar-refractivity contribution is 0.105. The number of benzene rings is 2. The largest absolute Gasteiger partial charge is 0.390 e. The number of nitrogens with zero attached hydrogens (tertiary/aromatic N) is 1. The zero-order valence-electron chi connectivity index (χ0n) is 16.2. The maximum absolute atomic E-state index is 10.1. The van der Waals surface area contributed by atoms with E-state index in [1.165, 1.54) is 0 Å². The molecule has 152 valence electrons. The average Bonchev–Trinajstić information content (AvgIpc) is 2.74. The van der Waals surface area contributed by atoms with Gasteiger partial charge in [-0.1, -0.05) is 48.2 Å². The molecule has 7 N–H and O–H groups in total. The van der Waals surface area contributed by atoms with Crippen LogP contribution in [0.1, 0.15) is 17.4 Å². The number of aliphatic hydroxyl groups is 2. The van der Waals surface area contributed by atoms with Gasteiger partial charge in [-0.2, -0.15) is 0 Å². The highest BCUT2D eigenvalue weighted by Crippen LogP contribution is 2.11. The molecule has 0 saturated carbocycles. The predicted octanol–water partition coefficient (Wildman–Crippen LogP) is -0.160. The summed E-state index contributed by atoms with van der Waals surface area (Å²) < 4.78 is 0. The second kappa shape index (κ2) is 10.8. The van der Waals surface area contributed by atoms with Crippen LogP contribution in [-0.4, -0.2) is 42.3 Å². The Morgan fingerprint density at radius 1 is 1.24 bits per heavy atom. The van der Waals surface area contributed by atoms with Crippen molar-refractivity contribution in [1.82, 2.24) is 5.32 Å². The van der Waals surface area contributed by atoms with E-state index >= 15 is 0 Å². The van der Waals surface area contributed by atoms with Crippen LogP contribution in [0, 0.1) is 11.8 Å². The summed E-state index contributed by atoms with van der Waals surface area (Å²) in [7, 11) is 1.59. The van der Waals surface area contributed by atoms with Crippen molar-refractivity contribution >= 4 is 29.6 Å². The smallest absolute Gasteiger partial charge is 0.134 e. The summed E-state index contributed by atoms with van der Waals surface area (Å²) in [6.07, 6.45) is -1.62. The van der Waals surface area contributed by atoms with Gasteiger partial charge in [0.25, 0.3) is 0 Å². The normalized spacial score (nSPS) is 14.6. The van der Waals surface area contributed by atoms with E-state index in [0.717, 1.165) is 16.0 Å². The van der Waals surface area contributed by atoms with E-state index in [2.05, 4.69) is 28.7 Å². The van der Waals surface area contributed by atoms with Crippen molar-refractivity contribution in [2.45, 2.75) is 12.3 Å². The van der Waals surface area contributed by atoms with Crippen LogP contribution in [0.3, 0.4) is 0 Å². The van der Waals surface area contributed by atoms with Gasteiger partial charge in [0, 0.05) is 35.9 Å². The van der Waals surface area contributed by atoms with Crippen LogP contribution in [-0.2, 0) is 0 Å². The lowest BCUT2D eigenvalue weighted by Gasteiger charge is -2.15. The minimum atomic E-state index is -0.914. The number of aliphatic hydroxyl groups excluding tert-OH is 2. The standard InChI is InChI=1S/C22H25ClN4O2/c1-14-3-9-17(23)11-20(14)19(21(25)26-2)10-6-15-4-7-16(8-5-15)22(29)27-13-18(28)12-24/h3-5,7-9,11,18,22,27-29H,1,12-13,24H2,2H3,(H2,25,26)/b20-19-. The Hall–Kier alpha value is -2.66. The molecule has 0 heterocycles. The summed E-state index contributed by atoms with van der Waals surface area (Å²) in [4.78, 5) is 4.04. The quantitative estimate of drug-likeness (QED) is 0.196. The molecule has 2 aromatic rings. The number of hydrogen-bond donors (Lipinski definition) is 5. The molecule has 0 aliphatic carbocycles. The molecule has 2 atom stereocenters. The van der Waals surface area contributed by atoms with E-state index in [4.69, 9.17) is 23.1 Å². The number of halogens is 1. The number of nitrogens with one attached hydrogen (secondary N) is 1. The fourth-order valence-corrected chi connectivity index (χ4v) is 2.67. The fourth-order valence-electron chi connectivity index (χ4n) is 2.49. The summed E-state index contributed by atoms with van der Waals surface area (Å²) in [6, 6.07) is 12.4. The molecular weight excluding hydrogens is 388 g/mol. The van der Waals surface area contributed by atoms with Crippen molar-refractivity contribution in [1.29, 1.82) is 0 Å². The minimum Gasteiger partial charge on any atom is -0.390 e. The van der Waals surface area contributed by atoms with Crippen LogP contribution in [0.15, 0.2) is 47.5 Å². The molecule has 2 rings (SSSR count). The van der Waals surface area contributed by atoms with E-state index in [-0.39, 0.29) is 13.1 Å². The number of rotatable bonds is 6. The second-order valence-corrected chi connectivity index (χ2v) is 6.79. The van der Waals surface area contributed by atoms with Gasteiger partial charge in [0.15, 0.2) is 0 Å². The van der Waals surface area contributed by atoms with Gasteiger partial charge in [0.2, 0.25) is 0 Å². The Kier molecular flexibility index (Phi) is 8.40. The Bertz CT molecular complexity index is 1040. The average molecular weight is 413 g/mol. The molecule has 0 saturated heterocycles. The third kappa shape index (κ3) is 6.43. The van der Waals surface area contributed by atoms with E-state index < -0.39 is 12.3 Å². The van der Waals surface area contributed by atoms with Crippen molar-refractivity contribution in [3.63, 3.8) is 0 Å². The SMILES string of the molecule is C=c1ccc(Cl)c/c1=C(\C#Cc1ccc(C(O)NCC(O)CN)cc1)C(N)=NC. The Morgan fingerprint density at radius 2 is 1.93 bits per heavy atom. The monoisotopic (exact) mass is 412 g/mol. The van der Waals surface area contributed by atoms with Crippen LogP contribution in [0.4, 0.5) is 0 Å². The van der Waals surface area contributed by atoms with Crippen LogP contribution < -0.4 is 27.2 Å². The van der Waals surface area contributed by atoms with E-state index in [9.17, 15) is 10.2 Å². The first-order chi connectivity index (χ1) is 13.8. The van der Waals surface area contributed by atoms with E-state index in [1.807, 2.05) is 0 Å². The van der Waals surface area contributed by atoms with Gasteiger partial charge in [0.1, 0.15) is 12.1 Å². The number of hydrogen-bond acceptors (Lipinski definition) is 5. The maximum Gasteiger partial charge on any atom is 0.134 e. The third-order valence-electron chi connectivity index (χ3n) is 4.22. The summed E-state index contributed by atoms with van der Waals surface area (Å²) in [5.74, 6) is 6.40. The van der Waals surface area contributed by atoms with Crippen molar-refractivity contribution in [3.05, 3.63) is 69.1 Å². The molecule has 0 aromatic heterocycles. The molecule has 2 unspecified atom stereocenters. The van der Waals surface area contributed by atoms with Gasteiger partial charge in [-0.05, 0) is 35.0 Å². The molecule has 2 aromatic carbocycles. The van der Waals surface area contributed by atoms with Gasteiger partial charge < -0.3 is 21.7 Å². The van der Waals surface area contributed by atoms with Crippen LogP contribution in [0.25, 0.3) is 12.2 Å². The van der Waals surface area contributed by atoms with Crippen LogP contribution in [0.5, 0.6) is 0 Å². The first kappa shape index (κ1) is 22.6. The highest BCUT2D eigenvalue weighted by molar-refractivity contribution is 6.30. The second-order valence-electron chi connectivity index (χ2n) is 6.36. The predicted molar refractivity (Wildman–Crippen MR) is 119 cm³/mol. The highest BCUT2D eigenvalue weighted by atomic mass is 35.5. The molecular formula is C22H25ClN4O2. The van der Waals surface area contributed by atoms with Crippen molar-refractivity contribution in [2.75, 3.05) is 20.1 Å². The zero-order chi connectivity index (χ0) is 21.4. The van der Waals surface area contributed by atoms with Gasteiger partial charge in [-0.3, -0.25) is 10.3 Å². The van der Waals surface area contributed by atoms with Crippen molar-refractivity contribution in [2.24, 2.45) is 16.5 Å². The summed E-state index contributed by atoms with van der Waals surface area (Å²) >= 11 is 6.11. The molecule has 29 heavy (non-hydrogen) atoms. The first-order valence-corrected chi connectivity index (χ1v) is 9.36. The van der Waals surface area contributed by atoms with Gasteiger partial charge in [-0.25, -0.2) is 0 Å². The topological polar surface area (TPSA) is 117 Å². The van der Waals surface area contributed by atoms with Crippen molar-refractivity contribution < 1.29 is 10.2 Å². The highest BCUT2D eigenvalue weighted by Gasteiger charge is 2.09. The number of amidine groups is 1. The Labute approximate surface area is 175 Å². The van der Waals surface area contributed by atoms with E-state index in [1.54, 1.807) is 49.5 Å². The summed E-state index contributed by atoms with van der Waals surface area (Å²) in [6.45, 7) is 4.32. The summed E-state index contributed by atoms with van der Waals surface area (Å²) in [5.41, 5.74) is 13.3. The minimum absolute atomic E-state index is 0.124. The van der Waals surface area contributed by atoms with Crippen molar-refractivity contribution in [3.8, 4) is 11.8 Å². The lowest BCUT2D eigenvalue weighted by atomic mass is 10.1. The molecule has 0 spiro atoms. The van der Waals surface area contributed by atoms with Crippen LogP contribution in [0.2, 0.25) is 5.02 Å². The molecule has 0 aliphatic heterocycles. The molecule has 7 heteroatoms. The number of nitrogens with two attached hydrogens (primary N) is 2. The van der Waals surface area contributed by atoms with Crippen LogP contribution >= 0.6 is 11.6 Å². The fraction of sp³-hybridized carbons (Fsp3) is 0.227. The van der Waals surface area contributed by atoms with Gasteiger partial charge in [-0.15, -0.1) is 0 Å². The zero-order valence-corrected chi connectivity index (χ0v) is 16.9. The third-order valence-corrected chi connectivity index (χ3v) is 4.45. The number of aliphatic imine (C=N–C) groups is 1. The summed E-state index contributed by atoms with van der Waals surface area (Å²) in [5, 5.41) is 24.4. The maximum atomic E-state index is 10.1. The van der Waals surface area contributed by atoms with Gasteiger partial charge in [0.05, 0.1) is 11.7 Å². The molecule has 0 radical (unpaired) electrons. The lowest BCUT2D eigenvalue weighted by Crippen LogP contribution is -2.34. The molecule has 0 fully saturated rings. The molecule has 0 aliphatic rings. The first-order valence-electron chi connectivity index (χ1n) is 8.98. The van der Waals surface area contributed by atoms with E-state index in [0.29, 0.717) is 22.0 Å². The Balaban J connectivity index is 2.31. The van der Waals surface area contributed by atoms with Gasteiger partial charge >= 0.3 is 0 Å².